The van der Waals surface area contributed by atoms with Crippen LogP contribution in [0.15, 0.2) is 24.4 Å². The normalized spacial score (nSPS) is 11.5. The highest BCUT2D eigenvalue weighted by atomic mass is 19.1. The van der Waals surface area contributed by atoms with E-state index in [0.29, 0.717) is 5.69 Å². The number of anilines is 1. The fourth-order valence-electron chi connectivity index (χ4n) is 1.81. The number of nitriles is 1. The van der Waals surface area contributed by atoms with Crippen LogP contribution in [0, 0.1) is 17.1 Å². The largest absolute Gasteiger partial charge is 0.360 e. The van der Waals surface area contributed by atoms with E-state index in [1.165, 1.54) is 32.6 Å². The predicted octanol–water partition coefficient (Wildman–Crippen LogP) is 1.61. The molecule has 0 saturated heterocycles. The molecule has 0 spiro atoms. The molecule has 0 bridgehead atoms. The van der Waals surface area contributed by atoms with E-state index in [2.05, 4.69) is 25.9 Å². The number of benzene rings is 1. The monoisotopic (exact) mass is 304 g/mol. The Morgan fingerprint density at radius 3 is 2.82 bits per heavy atom. The van der Waals surface area contributed by atoms with E-state index in [1.807, 2.05) is 6.07 Å². The molecule has 1 aromatic heterocycles. The fourth-order valence-corrected chi connectivity index (χ4v) is 1.81. The lowest BCUT2D eigenvalue weighted by Gasteiger charge is -2.18. The second-order valence-corrected chi connectivity index (χ2v) is 4.05. The Balaban J connectivity index is 2.34. The summed E-state index contributed by atoms with van der Waals surface area (Å²) >= 11 is 0. The van der Waals surface area contributed by atoms with Crippen LogP contribution >= 0.6 is 0 Å². The molecular weight excluding hydrogens is 291 g/mol. The first-order valence-electron chi connectivity index (χ1n) is 6.15. The van der Waals surface area contributed by atoms with Crippen molar-refractivity contribution in [2.45, 2.75) is 6.29 Å². The molecule has 0 aliphatic carbocycles. The molecule has 0 saturated carbocycles. The van der Waals surface area contributed by atoms with Gasteiger partial charge in [-0.15, -0.1) is 10.2 Å². The van der Waals surface area contributed by atoms with Gasteiger partial charge in [0.15, 0.2) is 6.29 Å². The van der Waals surface area contributed by atoms with Gasteiger partial charge in [-0.05, 0) is 17.3 Å². The summed E-state index contributed by atoms with van der Waals surface area (Å²) < 4.78 is 24.2. The van der Waals surface area contributed by atoms with Gasteiger partial charge >= 0.3 is 0 Å². The minimum absolute atomic E-state index is 0.128. The summed E-state index contributed by atoms with van der Waals surface area (Å²) in [7, 11) is 2.81. The minimum Gasteiger partial charge on any atom is -0.360 e. The third-order valence-corrected chi connectivity index (χ3v) is 2.80. The summed E-state index contributed by atoms with van der Waals surface area (Å²) in [6, 6.07) is 6.37. The Morgan fingerprint density at radius 2 is 2.23 bits per heavy atom. The average Bonchev–Trinajstić information content (AvgIpc) is 3.05. The van der Waals surface area contributed by atoms with Gasteiger partial charge in [-0.1, -0.05) is 6.07 Å². The zero-order valence-corrected chi connectivity index (χ0v) is 11.9. The summed E-state index contributed by atoms with van der Waals surface area (Å²) in [6.07, 6.45) is 0.471. The van der Waals surface area contributed by atoms with Crippen LogP contribution in [0.3, 0.4) is 0 Å². The molecule has 2 N–H and O–H groups in total. The third kappa shape index (κ3) is 3.25. The number of aromatic amines is 1. The Kier molecular flexibility index (Phi) is 5.13. The quantitative estimate of drug-likeness (QED) is 0.616. The molecule has 1 heterocycles. The molecule has 2 rings (SSSR count). The van der Waals surface area contributed by atoms with Gasteiger partial charge in [0.1, 0.15) is 17.5 Å². The lowest BCUT2D eigenvalue weighted by Crippen LogP contribution is -2.09. The Labute approximate surface area is 125 Å². The molecule has 9 heteroatoms. The second kappa shape index (κ2) is 7.26. The van der Waals surface area contributed by atoms with Crippen LogP contribution < -0.4 is 5.32 Å². The van der Waals surface area contributed by atoms with Gasteiger partial charge in [0, 0.05) is 26.1 Å². The van der Waals surface area contributed by atoms with Crippen molar-refractivity contribution in [1.29, 1.82) is 5.26 Å². The van der Waals surface area contributed by atoms with Gasteiger partial charge in [-0.3, -0.25) is 0 Å². The molecule has 0 radical (unpaired) electrons. The molecule has 0 aliphatic heterocycles. The number of nitrogens with zero attached hydrogens (tertiary/aromatic N) is 4. The number of rotatable bonds is 6. The Bertz CT molecular complexity index is 691. The number of hydrogen-bond acceptors (Lipinski definition) is 7. The van der Waals surface area contributed by atoms with Gasteiger partial charge in [-0.2, -0.15) is 10.5 Å². The molecule has 22 heavy (non-hydrogen) atoms. The summed E-state index contributed by atoms with van der Waals surface area (Å²) in [5.74, 6) is -0.367. The molecule has 0 fully saturated rings. The number of ether oxygens (including phenoxy) is 2. The summed E-state index contributed by atoms with van der Waals surface area (Å²) in [4.78, 5) is 0. The number of nitrogens with one attached hydrogen (secondary N) is 2. The summed E-state index contributed by atoms with van der Waals surface area (Å²) in [5.41, 5.74) is 0.717. The number of hydrogen-bond donors (Lipinski definition) is 2. The van der Waals surface area contributed by atoms with Crippen molar-refractivity contribution in [3.63, 3.8) is 0 Å². The molecule has 8 nitrogen and oxygen atoms in total. The summed E-state index contributed by atoms with van der Waals surface area (Å²) in [6.45, 7) is 0. The number of tetrazole rings is 1. The van der Waals surface area contributed by atoms with Crippen molar-refractivity contribution >= 4 is 11.3 Å². The topological polar surface area (TPSA) is 109 Å². The lowest BCUT2D eigenvalue weighted by molar-refractivity contribution is -0.107. The van der Waals surface area contributed by atoms with Crippen LogP contribution in [0.4, 0.5) is 10.1 Å². The second-order valence-electron chi connectivity index (χ2n) is 4.05. The van der Waals surface area contributed by atoms with Gasteiger partial charge in [-0.25, -0.2) is 4.39 Å². The third-order valence-electron chi connectivity index (χ3n) is 2.80. The van der Waals surface area contributed by atoms with E-state index in [-0.39, 0.29) is 17.0 Å². The maximum Gasteiger partial charge on any atom is 0.216 e. The Morgan fingerprint density at radius 1 is 1.45 bits per heavy atom. The van der Waals surface area contributed by atoms with Crippen LogP contribution in [0.2, 0.25) is 0 Å². The fraction of sp³-hybridized carbons (Fsp3) is 0.231. The van der Waals surface area contributed by atoms with E-state index in [0.717, 1.165) is 0 Å². The molecule has 0 unspecified atom stereocenters. The maximum atomic E-state index is 14.0. The van der Waals surface area contributed by atoms with E-state index >= 15 is 0 Å². The first-order valence-corrected chi connectivity index (χ1v) is 6.15. The average molecular weight is 304 g/mol. The first kappa shape index (κ1) is 15.6. The minimum atomic E-state index is -0.882. The first-order chi connectivity index (χ1) is 10.7. The van der Waals surface area contributed by atoms with Crippen LogP contribution in [-0.4, -0.2) is 34.8 Å². The summed E-state index contributed by atoms with van der Waals surface area (Å²) in [5, 5.41) is 25.0. The lowest BCUT2D eigenvalue weighted by atomic mass is 10.1. The van der Waals surface area contributed by atoms with Crippen molar-refractivity contribution in [1.82, 2.24) is 20.6 Å². The highest BCUT2D eigenvalue weighted by molar-refractivity contribution is 5.74. The standard InChI is InChI=1S/C13H13FN6O2/c1-21-13(22-2)11-9(14)4-3-5-10(11)16-7-8(6-15)12-17-19-20-18-12/h3-5,7,13,16H,1-2H3,(H,17,18,19,20). The highest BCUT2D eigenvalue weighted by Gasteiger charge is 2.18. The van der Waals surface area contributed by atoms with Crippen molar-refractivity contribution in [2.75, 3.05) is 19.5 Å². The van der Waals surface area contributed by atoms with Crippen LogP contribution in [0.1, 0.15) is 17.7 Å². The van der Waals surface area contributed by atoms with Crippen LogP contribution in [0.5, 0.6) is 0 Å². The van der Waals surface area contributed by atoms with E-state index in [1.54, 1.807) is 6.07 Å². The molecule has 2 aromatic rings. The van der Waals surface area contributed by atoms with Crippen LogP contribution in [-0.2, 0) is 9.47 Å². The van der Waals surface area contributed by atoms with Crippen molar-refractivity contribution in [3.8, 4) is 6.07 Å². The predicted molar refractivity (Wildman–Crippen MR) is 74.5 cm³/mol. The van der Waals surface area contributed by atoms with Crippen LogP contribution in [0.25, 0.3) is 5.57 Å². The molecule has 1 aromatic carbocycles. The van der Waals surface area contributed by atoms with Crippen molar-refractivity contribution < 1.29 is 13.9 Å². The zero-order chi connectivity index (χ0) is 15.9. The molecule has 114 valence electrons. The van der Waals surface area contributed by atoms with Crippen molar-refractivity contribution in [2.24, 2.45) is 0 Å². The number of halogens is 1. The molecule has 0 amide bonds. The highest BCUT2D eigenvalue weighted by Crippen LogP contribution is 2.29. The van der Waals surface area contributed by atoms with E-state index in [9.17, 15) is 4.39 Å². The maximum absolute atomic E-state index is 14.0. The number of aromatic nitrogens is 4. The van der Waals surface area contributed by atoms with Gasteiger partial charge < -0.3 is 14.8 Å². The number of allylic oxidation sites excluding steroid dienone is 1. The van der Waals surface area contributed by atoms with E-state index < -0.39 is 12.1 Å². The zero-order valence-electron chi connectivity index (χ0n) is 11.9. The van der Waals surface area contributed by atoms with Crippen molar-refractivity contribution in [3.05, 3.63) is 41.6 Å². The number of H-pyrrole nitrogens is 1. The smallest absolute Gasteiger partial charge is 0.216 e. The van der Waals surface area contributed by atoms with Gasteiger partial charge in [0.2, 0.25) is 5.82 Å². The molecular formula is C13H13FN6O2. The Hall–Kier alpha value is -2.83. The SMILES string of the molecule is COC(OC)c1c(F)cccc1NC=C(C#N)c1nn[nH]n1. The van der Waals surface area contributed by atoms with Gasteiger partial charge in [0.25, 0.3) is 0 Å². The van der Waals surface area contributed by atoms with E-state index in [4.69, 9.17) is 14.7 Å². The molecule has 0 aliphatic rings. The molecule has 0 atom stereocenters. The number of methoxy groups -OCH3 is 2. The van der Waals surface area contributed by atoms with Gasteiger partial charge in [0.05, 0.1) is 5.56 Å².